The molecule has 0 amide bonds. The van der Waals surface area contributed by atoms with E-state index in [9.17, 15) is 10.1 Å². The molecule has 1 aliphatic carbocycles. The number of carbonyl (C=O) groups is 1. The van der Waals surface area contributed by atoms with Crippen molar-refractivity contribution in [3.05, 3.63) is 46.4 Å². The molecule has 0 saturated heterocycles. The first kappa shape index (κ1) is 15.6. The fourth-order valence-electron chi connectivity index (χ4n) is 3.57. The molecule has 0 fully saturated rings. The lowest BCUT2D eigenvalue weighted by Gasteiger charge is -2.37. The van der Waals surface area contributed by atoms with Crippen molar-refractivity contribution in [2.24, 2.45) is 11.1 Å². The van der Waals surface area contributed by atoms with E-state index in [0.717, 1.165) is 5.56 Å². The monoisotopic (exact) mass is 338 g/mol. The Morgan fingerprint density at radius 1 is 1.24 bits per heavy atom. The summed E-state index contributed by atoms with van der Waals surface area (Å²) in [5.41, 5.74) is 7.61. The minimum absolute atomic E-state index is 0.0689. The van der Waals surface area contributed by atoms with Gasteiger partial charge in [-0.05, 0) is 17.5 Å². The van der Waals surface area contributed by atoms with Gasteiger partial charge < -0.3 is 19.9 Å². The van der Waals surface area contributed by atoms with Gasteiger partial charge in [-0.25, -0.2) is 0 Å². The van der Waals surface area contributed by atoms with Crippen molar-refractivity contribution >= 4 is 5.78 Å². The summed E-state index contributed by atoms with van der Waals surface area (Å²) in [7, 11) is 0. The number of nitrogens with two attached hydrogens (primary N) is 1. The number of ketones is 1. The Kier molecular flexibility index (Phi) is 3.29. The van der Waals surface area contributed by atoms with Gasteiger partial charge in [-0.1, -0.05) is 19.9 Å². The SMILES string of the molecule is CC1(C)CC(=O)C2=C(C1)O[C@H](c1ccc3c(c1)OCO3)C(C#N)=C2N. The van der Waals surface area contributed by atoms with Crippen LogP contribution < -0.4 is 15.2 Å². The molecule has 1 aromatic rings. The number of hydrogen-bond donors (Lipinski definition) is 1. The highest BCUT2D eigenvalue weighted by Crippen LogP contribution is 2.47. The van der Waals surface area contributed by atoms with E-state index in [4.69, 9.17) is 19.9 Å². The summed E-state index contributed by atoms with van der Waals surface area (Å²) in [5.74, 6) is 1.77. The van der Waals surface area contributed by atoms with E-state index in [-0.39, 0.29) is 29.3 Å². The van der Waals surface area contributed by atoms with Crippen molar-refractivity contribution in [1.29, 1.82) is 5.26 Å². The van der Waals surface area contributed by atoms with Crippen molar-refractivity contribution in [2.45, 2.75) is 32.8 Å². The summed E-state index contributed by atoms with van der Waals surface area (Å²) in [4.78, 5) is 12.5. The van der Waals surface area contributed by atoms with Gasteiger partial charge >= 0.3 is 0 Å². The molecule has 2 N–H and O–H groups in total. The second-order valence-corrected chi connectivity index (χ2v) is 7.29. The minimum atomic E-state index is -0.653. The van der Waals surface area contributed by atoms with Gasteiger partial charge in [-0.15, -0.1) is 0 Å². The van der Waals surface area contributed by atoms with E-state index < -0.39 is 6.10 Å². The smallest absolute Gasteiger partial charge is 0.231 e. The number of carbonyl (C=O) groups excluding carboxylic acids is 1. The summed E-state index contributed by atoms with van der Waals surface area (Å²) in [6, 6.07) is 7.51. The van der Waals surface area contributed by atoms with Gasteiger partial charge in [-0.3, -0.25) is 4.79 Å². The molecule has 6 heteroatoms. The van der Waals surface area contributed by atoms with Crippen LogP contribution in [0.15, 0.2) is 40.8 Å². The van der Waals surface area contributed by atoms with E-state index in [1.807, 2.05) is 19.9 Å². The van der Waals surface area contributed by atoms with Crippen LogP contribution in [0.4, 0.5) is 0 Å². The minimum Gasteiger partial charge on any atom is -0.484 e. The predicted octanol–water partition coefficient (Wildman–Crippen LogP) is 2.87. The van der Waals surface area contributed by atoms with Crippen molar-refractivity contribution in [2.75, 3.05) is 6.79 Å². The number of ether oxygens (including phenoxy) is 3. The van der Waals surface area contributed by atoms with Gasteiger partial charge in [0.1, 0.15) is 11.8 Å². The summed E-state index contributed by atoms with van der Waals surface area (Å²) < 4.78 is 16.9. The maximum atomic E-state index is 12.5. The number of fused-ring (bicyclic) bond motifs is 1. The highest BCUT2D eigenvalue weighted by Gasteiger charge is 2.41. The number of Topliss-reactive ketones (excluding diaryl/α,β-unsaturated/α-hetero) is 1. The standard InChI is InChI=1S/C19H18N2O4/c1-19(2)6-12(22)16-15(7-19)25-18(11(8-20)17(16)21)10-3-4-13-14(5-10)24-9-23-13/h3-5,18H,6-7,9,21H2,1-2H3/t18-/m1/s1. The molecule has 25 heavy (non-hydrogen) atoms. The summed E-state index contributed by atoms with van der Waals surface area (Å²) in [5, 5.41) is 9.61. The largest absolute Gasteiger partial charge is 0.484 e. The Morgan fingerprint density at radius 2 is 2.00 bits per heavy atom. The van der Waals surface area contributed by atoms with Crippen molar-refractivity contribution in [3.8, 4) is 17.6 Å². The van der Waals surface area contributed by atoms with Gasteiger partial charge in [0, 0.05) is 18.4 Å². The zero-order chi connectivity index (χ0) is 17.8. The molecule has 4 rings (SSSR count). The quantitative estimate of drug-likeness (QED) is 0.846. The van der Waals surface area contributed by atoms with E-state index in [1.165, 1.54) is 0 Å². The molecular weight excluding hydrogens is 320 g/mol. The van der Waals surface area contributed by atoms with Crippen LogP contribution in [0.25, 0.3) is 0 Å². The summed E-state index contributed by atoms with van der Waals surface area (Å²) in [6.07, 6.45) is 0.345. The molecule has 2 heterocycles. The van der Waals surface area contributed by atoms with Crippen LogP contribution in [0.2, 0.25) is 0 Å². The van der Waals surface area contributed by atoms with Gasteiger partial charge in [0.05, 0.1) is 16.8 Å². The zero-order valence-electron chi connectivity index (χ0n) is 14.1. The van der Waals surface area contributed by atoms with Gasteiger partial charge in [0.25, 0.3) is 0 Å². The molecule has 0 radical (unpaired) electrons. The Hall–Kier alpha value is -2.94. The van der Waals surface area contributed by atoms with E-state index in [0.29, 0.717) is 35.7 Å². The fraction of sp³-hybridized carbons (Fsp3) is 0.368. The molecular formula is C19H18N2O4. The van der Waals surface area contributed by atoms with Crippen molar-refractivity contribution in [3.63, 3.8) is 0 Å². The second kappa shape index (κ2) is 5.28. The number of rotatable bonds is 1. The molecule has 128 valence electrons. The average molecular weight is 338 g/mol. The first-order valence-electron chi connectivity index (χ1n) is 8.12. The second-order valence-electron chi connectivity index (χ2n) is 7.29. The predicted molar refractivity (Wildman–Crippen MR) is 88.3 cm³/mol. The lowest BCUT2D eigenvalue weighted by atomic mass is 9.74. The fourth-order valence-corrected chi connectivity index (χ4v) is 3.57. The molecule has 0 spiro atoms. The maximum absolute atomic E-state index is 12.5. The molecule has 2 aliphatic heterocycles. The normalized spacial score (nSPS) is 23.9. The number of hydrogen-bond acceptors (Lipinski definition) is 6. The van der Waals surface area contributed by atoms with Gasteiger partial charge in [0.15, 0.2) is 23.4 Å². The average Bonchev–Trinajstić information content (AvgIpc) is 3.00. The van der Waals surface area contributed by atoms with E-state index >= 15 is 0 Å². The molecule has 0 aromatic heterocycles. The summed E-state index contributed by atoms with van der Waals surface area (Å²) in [6.45, 7) is 4.21. The summed E-state index contributed by atoms with van der Waals surface area (Å²) >= 11 is 0. The number of allylic oxidation sites excluding steroid dienone is 2. The molecule has 6 nitrogen and oxygen atoms in total. The molecule has 1 atom stereocenters. The Bertz CT molecular complexity index is 889. The van der Waals surface area contributed by atoms with Crippen LogP contribution >= 0.6 is 0 Å². The third-order valence-electron chi connectivity index (χ3n) is 4.74. The van der Waals surface area contributed by atoms with E-state index in [2.05, 4.69) is 6.07 Å². The topological polar surface area (TPSA) is 94.6 Å². The Morgan fingerprint density at radius 3 is 2.76 bits per heavy atom. The van der Waals surface area contributed by atoms with Crippen LogP contribution in [-0.2, 0) is 9.53 Å². The Labute approximate surface area is 145 Å². The molecule has 1 aromatic carbocycles. The third kappa shape index (κ3) is 2.43. The molecule has 0 bridgehead atoms. The van der Waals surface area contributed by atoms with E-state index in [1.54, 1.807) is 12.1 Å². The highest BCUT2D eigenvalue weighted by molar-refractivity contribution is 6.01. The van der Waals surface area contributed by atoms with Crippen LogP contribution in [0.3, 0.4) is 0 Å². The first-order chi connectivity index (χ1) is 11.9. The van der Waals surface area contributed by atoms with Crippen molar-refractivity contribution in [1.82, 2.24) is 0 Å². The highest BCUT2D eigenvalue weighted by atomic mass is 16.7. The van der Waals surface area contributed by atoms with Crippen molar-refractivity contribution < 1.29 is 19.0 Å². The van der Waals surface area contributed by atoms with Crippen LogP contribution in [-0.4, -0.2) is 12.6 Å². The van der Waals surface area contributed by atoms with Crippen LogP contribution in [0, 0.1) is 16.7 Å². The molecule has 0 saturated carbocycles. The maximum Gasteiger partial charge on any atom is 0.231 e. The zero-order valence-corrected chi connectivity index (χ0v) is 14.1. The lowest BCUT2D eigenvalue weighted by Crippen LogP contribution is -2.33. The lowest BCUT2D eigenvalue weighted by molar-refractivity contribution is -0.118. The Balaban J connectivity index is 1.79. The molecule has 0 unspecified atom stereocenters. The van der Waals surface area contributed by atoms with Gasteiger partial charge in [0.2, 0.25) is 6.79 Å². The number of nitriles is 1. The van der Waals surface area contributed by atoms with Crippen LogP contribution in [0.5, 0.6) is 11.5 Å². The van der Waals surface area contributed by atoms with Gasteiger partial charge in [-0.2, -0.15) is 5.26 Å². The third-order valence-corrected chi connectivity index (χ3v) is 4.74. The number of benzene rings is 1. The number of nitrogens with zero attached hydrogens (tertiary/aromatic N) is 1. The van der Waals surface area contributed by atoms with Crippen LogP contribution in [0.1, 0.15) is 38.4 Å². The first-order valence-corrected chi connectivity index (χ1v) is 8.12. The molecule has 3 aliphatic rings.